The summed E-state index contributed by atoms with van der Waals surface area (Å²) in [5.41, 5.74) is 6.50. The molecule has 1 aromatic heterocycles. The first-order valence-electron chi connectivity index (χ1n) is 8.56. The molecule has 0 aromatic carbocycles. The van der Waals surface area contributed by atoms with E-state index in [-0.39, 0.29) is 6.10 Å². The van der Waals surface area contributed by atoms with Crippen molar-refractivity contribution in [3.05, 3.63) is 39.9 Å². The van der Waals surface area contributed by atoms with Crippen molar-refractivity contribution < 1.29 is 4.74 Å². The lowest BCUT2D eigenvalue weighted by Gasteiger charge is -2.33. The molecule has 2 nitrogen and oxygen atoms in total. The molecule has 2 atom stereocenters. The van der Waals surface area contributed by atoms with E-state index >= 15 is 0 Å². The second-order valence-electron chi connectivity index (χ2n) is 7.46. The third-order valence-electron chi connectivity index (χ3n) is 4.91. The summed E-state index contributed by atoms with van der Waals surface area (Å²) in [6.07, 6.45) is 1.08. The molecule has 2 rings (SSSR count). The summed E-state index contributed by atoms with van der Waals surface area (Å²) in [4.78, 5) is 4.88. The van der Waals surface area contributed by atoms with Crippen LogP contribution < -0.4 is 0 Å². The summed E-state index contributed by atoms with van der Waals surface area (Å²) in [5, 5.41) is 0. The molecule has 1 aliphatic rings. The van der Waals surface area contributed by atoms with Crippen molar-refractivity contribution in [2.24, 2.45) is 5.92 Å². The highest BCUT2D eigenvalue weighted by molar-refractivity contribution is 5.40. The Morgan fingerprint density at radius 1 is 1.14 bits per heavy atom. The number of hydrogen-bond acceptors (Lipinski definition) is 2. The number of allylic oxidation sites excluding steroid dienone is 2. The predicted octanol–water partition coefficient (Wildman–Crippen LogP) is 6.03. The molecule has 2 heterocycles. The van der Waals surface area contributed by atoms with Crippen LogP contribution in [0.3, 0.4) is 0 Å². The van der Waals surface area contributed by atoms with E-state index in [1.54, 1.807) is 0 Å². The third-order valence-corrected chi connectivity index (χ3v) is 4.91. The van der Waals surface area contributed by atoms with E-state index < -0.39 is 0 Å². The number of ether oxygens (including phenoxy) is 1. The van der Waals surface area contributed by atoms with Gasteiger partial charge in [0.05, 0.1) is 11.5 Å². The predicted molar refractivity (Wildman–Crippen MR) is 93.1 cm³/mol. The average molecular weight is 301 g/mol. The highest BCUT2D eigenvalue weighted by Gasteiger charge is 2.30. The minimum absolute atomic E-state index is 0.0175. The fraction of sp³-hybridized carbons (Fsp3) is 0.650. The van der Waals surface area contributed by atoms with Crippen LogP contribution in [0.25, 0.3) is 0 Å². The van der Waals surface area contributed by atoms with Crippen molar-refractivity contribution in [1.82, 2.24) is 4.98 Å². The number of aryl methyl sites for hydroxylation is 1. The second kappa shape index (κ2) is 6.44. The Labute approximate surface area is 136 Å². The number of pyridine rings is 1. The zero-order valence-electron chi connectivity index (χ0n) is 15.4. The molecule has 0 saturated heterocycles. The van der Waals surface area contributed by atoms with Gasteiger partial charge in [0.15, 0.2) is 0 Å². The van der Waals surface area contributed by atoms with Gasteiger partial charge in [0.25, 0.3) is 0 Å². The second-order valence-corrected chi connectivity index (χ2v) is 7.46. The minimum atomic E-state index is 0.0175. The van der Waals surface area contributed by atoms with Crippen LogP contribution in [0.1, 0.15) is 95.3 Å². The monoisotopic (exact) mass is 301 g/mol. The molecule has 22 heavy (non-hydrogen) atoms. The average Bonchev–Trinajstić information content (AvgIpc) is 2.42. The molecule has 1 unspecified atom stereocenters. The van der Waals surface area contributed by atoms with Gasteiger partial charge in [0.1, 0.15) is 6.10 Å². The zero-order valence-corrected chi connectivity index (χ0v) is 15.4. The topological polar surface area (TPSA) is 22.1 Å². The molecular weight excluding hydrogens is 270 g/mol. The quantitative estimate of drug-likeness (QED) is 0.665. The van der Waals surface area contributed by atoms with Gasteiger partial charge in [0, 0.05) is 5.69 Å². The van der Waals surface area contributed by atoms with Gasteiger partial charge in [-0.05, 0) is 74.6 Å². The fourth-order valence-electron chi connectivity index (χ4n) is 3.49. The number of hydrogen-bond donors (Lipinski definition) is 0. The van der Waals surface area contributed by atoms with Crippen molar-refractivity contribution in [3.8, 4) is 0 Å². The van der Waals surface area contributed by atoms with E-state index in [0.29, 0.717) is 17.8 Å². The van der Waals surface area contributed by atoms with Crippen molar-refractivity contribution in [1.29, 1.82) is 0 Å². The fourth-order valence-corrected chi connectivity index (χ4v) is 3.49. The zero-order chi connectivity index (χ0) is 16.6. The Morgan fingerprint density at radius 2 is 1.77 bits per heavy atom. The van der Waals surface area contributed by atoms with Crippen LogP contribution in [0.15, 0.2) is 17.4 Å². The van der Waals surface area contributed by atoms with E-state index in [4.69, 9.17) is 9.72 Å². The lowest BCUT2D eigenvalue weighted by molar-refractivity contribution is 0.122. The third kappa shape index (κ3) is 3.21. The van der Waals surface area contributed by atoms with Crippen LogP contribution in [0, 0.1) is 12.8 Å². The smallest absolute Gasteiger partial charge is 0.138 e. The molecule has 0 bridgehead atoms. The van der Waals surface area contributed by atoms with Gasteiger partial charge >= 0.3 is 0 Å². The maximum absolute atomic E-state index is 6.16. The molecule has 1 aliphatic heterocycles. The van der Waals surface area contributed by atoms with Gasteiger partial charge in [-0.25, -0.2) is 0 Å². The Balaban J connectivity index is 2.73. The Bertz CT molecular complexity index is 584. The van der Waals surface area contributed by atoms with Gasteiger partial charge in [-0.15, -0.1) is 0 Å². The molecular formula is C20H31NO. The van der Waals surface area contributed by atoms with Crippen LogP contribution in [0.2, 0.25) is 0 Å². The first-order chi connectivity index (χ1) is 10.2. The minimum Gasteiger partial charge on any atom is -0.489 e. The van der Waals surface area contributed by atoms with Crippen LogP contribution in [-0.4, -0.2) is 4.98 Å². The van der Waals surface area contributed by atoms with Crippen molar-refractivity contribution >= 4 is 0 Å². The number of aromatic nitrogens is 1. The van der Waals surface area contributed by atoms with E-state index in [9.17, 15) is 0 Å². The van der Waals surface area contributed by atoms with Gasteiger partial charge in [-0.3, -0.25) is 4.98 Å². The molecule has 0 aliphatic carbocycles. The van der Waals surface area contributed by atoms with Crippen molar-refractivity contribution in [2.45, 2.75) is 79.8 Å². The molecule has 0 radical (unpaired) electrons. The molecule has 0 saturated carbocycles. The number of rotatable bonds is 2. The standard InChI is InChI=1S/C20H31NO/c1-11(2)17-9-13(5)15(7)22-16(8)20-19(17)18(12(3)4)10-14(6)21-20/h10-12,16-17H,9H2,1-8H3/b15-13-/t16-,17?/m0/s1. The van der Waals surface area contributed by atoms with Gasteiger partial charge in [-0.2, -0.15) is 0 Å². The summed E-state index contributed by atoms with van der Waals surface area (Å²) < 4.78 is 6.16. The molecule has 0 amide bonds. The molecule has 0 spiro atoms. The van der Waals surface area contributed by atoms with E-state index in [1.807, 2.05) is 0 Å². The number of nitrogens with zero attached hydrogens (tertiary/aromatic N) is 1. The van der Waals surface area contributed by atoms with Gasteiger partial charge in [-0.1, -0.05) is 27.7 Å². The molecule has 2 heteroatoms. The van der Waals surface area contributed by atoms with Gasteiger partial charge in [0.2, 0.25) is 0 Å². The maximum Gasteiger partial charge on any atom is 0.138 e. The highest BCUT2D eigenvalue weighted by Crippen LogP contribution is 2.42. The molecule has 0 N–H and O–H groups in total. The van der Waals surface area contributed by atoms with Gasteiger partial charge < -0.3 is 4.74 Å². The molecule has 122 valence electrons. The molecule has 1 aromatic rings. The number of fused-ring (bicyclic) bond motifs is 1. The summed E-state index contributed by atoms with van der Waals surface area (Å²) in [7, 11) is 0. The highest BCUT2D eigenvalue weighted by atomic mass is 16.5. The SMILES string of the molecule is C/C1=C(\C)O[C@@H](C)c2nc(C)cc(C(C)C)c2C(C(C)C)C1. The van der Waals surface area contributed by atoms with Crippen LogP contribution in [-0.2, 0) is 4.74 Å². The summed E-state index contributed by atoms with van der Waals surface area (Å²) in [6.45, 7) is 17.7. The Morgan fingerprint density at radius 3 is 2.32 bits per heavy atom. The van der Waals surface area contributed by atoms with Crippen LogP contribution in [0.5, 0.6) is 0 Å². The first-order valence-corrected chi connectivity index (χ1v) is 8.56. The van der Waals surface area contributed by atoms with Crippen LogP contribution >= 0.6 is 0 Å². The van der Waals surface area contributed by atoms with Crippen molar-refractivity contribution in [3.63, 3.8) is 0 Å². The first kappa shape index (κ1) is 17.1. The maximum atomic E-state index is 6.16. The Kier molecular flexibility index (Phi) is 4.99. The van der Waals surface area contributed by atoms with E-state index in [0.717, 1.165) is 23.6 Å². The van der Waals surface area contributed by atoms with E-state index in [1.165, 1.54) is 16.7 Å². The van der Waals surface area contributed by atoms with Crippen LogP contribution in [0.4, 0.5) is 0 Å². The summed E-state index contributed by atoms with van der Waals surface area (Å²) >= 11 is 0. The lowest BCUT2D eigenvalue weighted by Crippen LogP contribution is -2.20. The van der Waals surface area contributed by atoms with Crippen molar-refractivity contribution in [2.75, 3.05) is 0 Å². The lowest BCUT2D eigenvalue weighted by atomic mass is 9.77. The molecule has 0 fully saturated rings. The Hall–Kier alpha value is -1.31. The van der Waals surface area contributed by atoms with E-state index in [2.05, 4.69) is 61.5 Å². The normalized spacial score (nSPS) is 25.7. The summed E-state index contributed by atoms with van der Waals surface area (Å²) in [5.74, 6) is 2.68. The summed E-state index contributed by atoms with van der Waals surface area (Å²) in [6, 6.07) is 2.28. The largest absolute Gasteiger partial charge is 0.489 e.